The Morgan fingerprint density at radius 1 is 1.41 bits per heavy atom. The summed E-state index contributed by atoms with van der Waals surface area (Å²) in [6, 6.07) is 0. The Labute approximate surface area is 99.1 Å². The van der Waals surface area contributed by atoms with Crippen LogP contribution >= 0.6 is 0 Å². The lowest BCUT2D eigenvalue weighted by molar-refractivity contribution is -0.169. The summed E-state index contributed by atoms with van der Waals surface area (Å²) in [7, 11) is 1.33. The Hall–Kier alpha value is -1.23. The minimum atomic E-state index is -2.83. The van der Waals surface area contributed by atoms with Gasteiger partial charge in [0.2, 0.25) is 0 Å². The summed E-state index contributed by atoms with van der Waals surface area (Å²) >= 11 is 0. The molecule has 0 fully saturated rings. The molecule has 0 aromatic heterocycles. The second-order valence-corrected chi connectivity index (χ2v) is 3.96. The first-order valence-corrected chi connectivity index (χ1v) is 5.26. The van der Waals surface area contributed by atoms with Gasteiger partial charge in [-0.2, -0.15) is 0 Å². The van der Waals surface area contributed by atoms with Gasteiger partial charge in [-0.1, -0.05) is 23.3 Å². The molecular formula is C12H16F2O3. The van der Waals surface area contributed by atoms with Crippen molar-refractivity contribution in [2.45, 2.75) is 26.7 Å². The van der Waals surface area contributed by atoms with Crippen LogP contribution in [0.3, 0.4) is 0 Å². The van der Waals surface area contributed by atoms with Crippen molar-refractivity contribution in [1.82, 2.24) is 0 Å². The Morgan fingerprint density at radius 3 is 2.35 bits per heavy atom. The molecule has 5 heteroatoms. The van der Waals surface area contributed by atoms with Crippen molar-refractivity contribution in [2.24, 2.45) is 5.41 Å². The molecule has 0 saturated heterocycles. The predicted octanol–water partition coefficient (Wildman–Crippen LogP) is 2.68. The molecular weight excluding hydrogens is 230 g/mol. The lowest BCUT2D eigenvalue weighted by Crippen LogP contribution is -2.43. The largest absolute Gasteiger partial charge is 0.437 e. The smallest absolute Gasteiger partial charge is 0.328 e. The first-order valence-electron chi connectivity index (χ1n) is 5.26. The first-order chi connectivity index (χ1) is 7.97. The molecule has 0 unspecified atom stereocenters. The second kappa shape index (κ2) is 5.40. The average Bonchev–Trinajstić information content (AvgIpc) is 2.26. The zero-order valence-corrected chi connectivity index (χ0v) is 10.1. The van der Waals surface area contributed by atoms with Crippen molar-refractivity contribution < 1.29 is 23.0 Å². The normalized spacial score (nSPS) is 18.7. The number of rotatable bonds is 4. The third kappa shape index (κ3) is 2.24. The van der Waals surface area contributed by atoms with Gasteiger partial charge >= 0.3 is 5.97 Å². The van der Waals surface area contributed by atoms with E-state index in [9.17, 15) is 13.6 Å². The molecule has 0 saturated carbocycles. The highest BCUT2D eigenvalue weighted by Gasteiger charge is 2.52. The van der Waals surface area contributed by atoms with Gasteiger partial charge in [0.1, 0.15) is 0 Å². The van der Waals surface area contributed by atoms with Gasteiger partial charge in [-0.05, 0) is 20.3 Å². The van der Waals surface area contributed by atoms with E-state index in [0.29, 0.717) is 17.6 Å². The minimum Gasteiger partial charge on any atom is -0.437 e. The fourth-order valence-corrected chi connectivity index (χ4v) is 2.03. The molecule has 0 aromatic rings. The van der Waals surface area contributed by atoms with Crippen LogP contribution in [0.25, 0.3) is 0 Å². The molecule has 1 aliphatic rings. The van der Waals surface area contributed by atoms with E-state index in [2.05, 4.69) is 4.74 Å². The summed E-state index contributed by atoms with van der Waals surface area (Å²) < 4.78 is 35.9. The van der Waals surface area contributed by atoms with Crippen LogP contribution < -0.4 is 0 Å². The molecule has 0 N–H and O–H groups in total. The quantitative estimate of drug-likeness (QED) is 0.434. The van der Waals surface area contributed by atoms with Crippen molar-refractivity contribution in [3.8, 4) is 0 Å². The average molecular weight is 246 g/mol. The highest BCUT2D eigenvalue weighted by molar-refractivity contribution is 5.85. The third-order valence-electron chi connectivity index (χ3n) is 3.05. The third-order valence-corrected chi connectivity index (χ3v) is 3.05. The number of hydrogen-bond donors (Lipinski definition) is 0. The Morgan fingerprint density at radius 2 is 1.94 bits per heavy atom. The van der Waals surface area contributed by atoms with Gasteiger partial charge in [0.25, 0.3) is 6.43 Å². The van der Waals surface area contributed by atoms with Gasteiger partial charge in [0, 0.05) is 7.11 Å². The number of esters is 1. The monoisotopic (exact) mass is 246 g/mol. The topological polar surface area (TPSA) is 35.5 Å². The van der Waals surface area contributed by atoms with Gasteiger partial charge in [-0.15, -0.1) is 0 Å². The Kier molecular flexibility index (Phi) is 4.40. The zero-order chi connectivity index (χ0) is 13.1. The lowest BCUT2D eigenvalue weighted by Gasteiger charge is -2.34. The first kappa shape index (κ1) is 13.8. The SMILES string of the molecule is COCOC(=O)C1(C(F)F)C(C)=CCC=C1C. The van der Waals surface area contributed by atoms with E-state index in [1.807, 2.05) is 0 Å². The van der Waals surface area contributed by atoms with E-state index in [1.165, 1.54) is 21.0 Å². The number of hydrogen-bond acceptors (Lipinski definition) is 3. The molecule has 0 aliphatic heterocycles. The number of ether oxygens (including phenoxy) is 2. The van der Waals surface area contributed by atoms with Crippen LogP contribution in [0, 0.1) is 5.41 Å². The maximum atomic E-state index is 13.3. The van der Waals surface area contributed by atoms with Gasteiger partial charge < -0.3 is 9.47 Å². The van der Waals surface area contributed by atoms with Crippen molar-refractivity contribution in [3.05, 3.63) is 23.3 Å². The van der Waals surface area contributed by atoms with Crippen LogP contribution in [0.5, 0.6) is 0 Å². The van der Waals surface area contributed by atoms with E-state index < -0.39 is 17.8 Å². The molecule has 17 heavy (non-hydrogen) atoms. The van der Waals surface area contributed by atoms with Gasteiger partial charge in [0.15, 0.2) is 12.2 Å². The fraction of sp³-hybridized carbons (Fsp3) is 0.583. The summed E-state index contributed by atoms with van der Waals surface area (Å²) in [5.74, 6) is -0.962. The molecule has 0 heterocycles. The summed E-state index contributed by atoms with van der Waals surface area (Å²) in [5, 5.41) is 0. The van der Waals surface area contributed by atoms with Crippen LogP contribution in [0.1, 0.15) is 20.3 Å². The number of carbonyl (C=O) groups is 1. The highest BCUT2D eigenvalue weighted by Crippen LogP contribution is 2.45. The Balaban J connectivity index is 3.12. The number of alkyl halides is 2. The predicted molar refractivity (Wildman–Crippen MR) is 58.5 cm³/mol. The highest BCUT2D eigenvalue weighted by atomic mass is 19.3. The number of halogens is 2. The van der Waals surface area contributed by atoms with Crippen molar-refractivity contribution in [2.75, 3.05) is 13.9 Å². The van der Waals surface area contributed by atoms with Gasteiger partial charge in [-0.3, -0.25) is 4.79 Å². The van der Waals surface area contributed by atoms with Gasteiger partial charge in [-0.25, -0.2) is 8.78 Å². The van der Waals surface area contributed by atoms with Crippen LogP contribution in [-0.4, -0.2) is 26.3 Å². The molecule has 1 aliphatic carbocycles. The molecule has 3 nitrogen and oxygen atoms in total. The fourth-order valence-electron chi connectivity index (χ4n) is 2.03. The molecule has 1 rings (SSSR count). The van der Waals surface area contributed by atoms with Gasteiger partial charge in [0.05, 0.1) is 0 Å². The van der Waals surface area contributed by atoms with E-state index >= 15 is 0 Å². The van der Waals surface area contributed by atoms with E-state index in [0.717, 1.165) is 0 Å². The van der Waals surface area contributed by atoms with Crippen LogP contribution in [0.4, 0.5) is 8.78 Å². The van der Waals surface area contributed by atoms with Crippen molar-refractivity contribution in [1.29, 1.82) is 0 Å². The molecule has 96 valence electrons. The molecule has 0 bridgehead atoms. The van der Waals surface area contributed by atoms with Crippen LogP contribution in [0.15, 0.2) is 23.3 Å². The summed E-state index contributed by atoms with van der Waals surface area (Å²) in [4.78, 5) is 11.9. The maximum Gasteiger partial charge on any atom is 0.328 e. The van der Waals surface area contributed by atoms with E-state index in [-0.39, 0.29) is 6.79 Å². The molecule has 0 amide bonds. The molecule has 0 aromatic carbocycles. The van der Waals surface area contributed by atoms with E-state index in [4.69, 9.17) is 4.74 Å². The van der Waals surface area contributed by atoms with Crippen molar-refractivity contribution >= 4 is 5.97 Å². The number of carbonyl (C=O) groups excluding carboxylic acids is 1. The van der Waals surface area contributed by atoms with Crippen molar-refractivity contribution in [3.63, 3.8) is 0 Å². The van der Waals surface area contributed by atoms with E-state index in [1.54, 1.807) is 12.2 Å². The number of methoxy groups -OCH3 is 1. The standard InChI is InChI=1S/C12H16F2O3/c1-8-5-4-6-9(2)12(8,10(13)14)11(15)17-7-16-3/h5-6,10H,4,7H2,1-3H3. The zero-order valence-electron chi connectivity index (χ0n) is 10.1. The summed E-state index contributed by atoms with van der Waals surface area (Å²) in [6.45, 7) is 2.72. The minimum absolute atomic E-state index is 0.326. The lowest BCUT2D eigenvalue weighted by atomic mass is 9.72. The molecule has 0 atom stereocenters. The summed E-state index contributed by atoms with van der Waals surface area (Å²) in [6.07, 6.45) is 0.962. The maximum absolute atomic E-state index is 13.3. The molecule has 0 radical (unpaired) electrons. The number of allylic oxidation sites excluding steroid dienone is 2. The van der Waals surface area contributed by atoms with Crippen LogP contribution in [-0.2, 0) is 14.3 Å². The molecule has 0 spiro atoms. The van der Waals surface area contributed by atoms with Crippen LogP contribution in [0.2, 0.25) is 0 Å². The summed E-state index contributed by atoms with van der Waals surface area (Å²) in [5.41, 5.74) is -1.29. The Bertz CT molecular complexity index is 341. The second-order valence-electron chi connectivity index (χ2n) is 3.96.